The first-order valence-electron chi connectivity index (χ1n) is 6.17. The maximum absolute atomic E-state index is 5.85. The van der Waals surface area contributed by atoms with E-state index in [1.54, 1.807) is 6.20 Å². The molecule has 3 rings (SSSR count). The molecule has 1 N–H and O–H groups in total. The van der Waals surface area contributed by atoms with E-state index in [-0.39, 0.29) is 0 Å². The fourth-order valence-corrected chi connectivity index (χ4v) is 2.08. The second-order valence-electron chi connectivity index (χ2n) is 4.18. The zero-order chi connectivity index (χ0) is 13.1. The van der Waals surface area contributed by atoms with Gasteiger partial charge in [-0.25, -0.2) is 4.98 Å². The highest BCUT2D eigenvalue weighted by atomic mass is 16.5. The summed E-state index contributed by atoms with van der Waals surface area (Å²) in [5, 5.41) is 5.28. The highest BCUT2D eigenvalue weighted by molar-refractivity contribution is 5.96. The van der Waals surface area contributed by atoms with E-state index in [2.05, 4.69) is 10.3 Å². The van der Waals surface area contributed by atoms with Crippen LogP contribution in [0.3, 0.4) is 0 Å². The van der Waals surface area contributed by atoms with E-state index >= 15 is 0 Å². The van der Waals surface area contributed by atoms with Crippen molar-refractivity contribution in [3.8, 4) is 11.6 Å². The fraction of sp³-hybridized carbons (Fsp3) is 0.0625. The lowest BCUT2D eigenvalue weighted by molar-refractivity contribution is 0.469. The minimum Gasteiger partial charge on any atom is -0.438 e. The molecule has 0 atom stereocenters. The van der Waals surface area contributed by atoms with Crippen LogP contribution in [0.25, 0.3) is 10.8 Å². The average Bonchev–Trinajstić information content (AvgIpc) is 2.48. The molecule has 0 bridgehead atoms. The number of anilines is 1. The van der Waals surface area contributed by atoms with Crippen molar-refractivity contribution in [1.29, 1.82) is 0 Å². The maximum Gasteiger partial charge on any atom is 0.227 e. The molecule has 0 aliphatic heterocycles. The van der Waals surface area contributed by atoms with Gasteiger partial charge in [0.15, 0.2) is 0 Å². The number of benzene rings is 2. The zero-order valence-corrected chi connectivity index (χ0v) is 10.6. The van der Waals surface area contributed by atoms with Gasteiger partial charge in [-0.05, 0) is 30.3 Å². The van der Waals surface area contributed by atoms with Crippen LogP contribution in [0.2, 0.25) is 0 Å². The number of nitrogens with one attached hydrogen (secondary N) is 1. The SMILES string of the molecule is CNc1cccc2c(Oc3ccccc3)nccc12. The van der Waals surface area contributed by atoms with Gasteiger partial charge < -0.3 is 10.1 Å². The van der Waals surface area contributed by atoms with Crippen molar-refractivity contribution < 1.29 is 4.74 Å². The van der Waals surface area contributed by atoms with E-state index in [1.807, 2.05) is 61.6 Å². The van der Waals surface area contributed by atoms with Gasteiger partial charge in [0.2, 0.25) is 5.88 Å². The number of rotatable bonds is 3. The number of para-hydroxylation sites is 1. The molecular weight excluding hydrogens is 236 g/mol. The Morgan fingerprint density at radius 3 is 2.53 bits per heavy atom. The van der Waals surface area contributed by atoms with Crippen LogP contribution in [-0.2, 0) is 0 Å². The van der Waals surface area contributed by atoms with Crippen LogP contribution in [0.15, 0.2) is 60.8 Å². The van der Waals surface area contributed by atoms with Gasteiger partial charge in [-0.15, -0.1) is 0 Å². The van der Waals surface area contributed by atoms with Crippen molar-refractivity contribution in [2.75, 3.05) is 12.4 Å². The van der Waals surface area contributed by atoms with Gasteiger partial charge in [-0.1, -0.05) is 24.3 Å². The third-order valence-corrected chi connectivity index (χ3v) is 3.00. The molecule has 3 aromatic rings. The molecule has 94 valence electrons. The van der Waals surface area contributed by atoms with Gasteiger partial charge in [0.1, 0.15) is 5.75 Å². The summed E-state index contributed by atoms with van der Waals surface area (Å²) in [6.45, 7) is 0. The smallest absolute Gasteiger partial charge is 0.227 e. The van der Waals surface area contributed by atoms with Crippen molar-refractivity contribution >= 4 is 16.5 Å². The first kappa shape index (κ1) is 11.5. The van der Waals surface area contributed by atoms with Gasteiger partial charge >= 0.3 is 0 Å². The largest absolute Gasteiger partial charge is 0.438 e. The Hall–Kier alpha value is -2.55. The minimum atomic E-state index is 0.626. The molecule has 1 aromatic heterocycles. The van der Waals surface area contributed by atoms with Gasteiger partial charge in [-0.2, -0.15) is 0 Å². The van der Waals surface area contributed by atoms with Crippen LogP contribution in [-0.4, -0.2) is 12.0 Å². The predicted octanol–water partition coefficient (Wildman–Crippen LogP) is 4.07. The predicted molar refractivity (Wildman–Crippen MR) is 77.8 cm³/mol. The van der Waals surface area contributed by atoms with E-state index in [9.17, 15) is 0 Å². The lowest BCUT2D eigenvalue weighted by Crippen LogP contribution is -1.93. The van der Waals surface area contributed by atoms with Crippen molar-refractivity contribution in [3.05, 3.63) is 60.8 Å². The quantitative estimate of drug-likeness (QED) is 0.760. The van der Waals surface area contributed by atoms with Crippen LogP contribution in [0.5, 0.6) is 11.6 Å². The number of pyridine rings is 1. The molecule has 0 amide bonds. The molecule has 0 spiro atoms. The summed E-state index contributed by atoms with van der Waals surface area (Å²) < 4.78 is 5.85. The average molecular weight is 250 g/mol. The number of nitrogens with zero attached hydrogens (tertiary/aromatic N) is 1. The fourth-order valence-electron chi connectivity index (χ4n) is 2.08. The van der Waals surface area contributed by atoms with E-state index in [0.29, 0.717) is 5.88 Å². The number of hydrogen-bond donors (Lipinski definition) is 1. The molecule has 2 aromatic carbocycles. The Kier molecular flexibility index (Phi) is 3.02. The molecule has 0 aliphatic carbocycles. The van der Waals surface area contributed by atoms with Crippen LogP contribution in [0.4, 0.5) is 5.69 Å². The van der Waals surface area contributed by atoms with Crippen LogP contribution in [0, 0.1) is 0 Å². The summed E-state index contributed by atoms with van der Waals surface area (Å²) in [6.07, 6.45) is 1.77. The summed E-state index contributed by atoms with van der Waals surface area (Å²) in [5.41, 5.74) is 1.07. The van der Waals surface area contributed by atoms with E-state index < -0.39 is 0 Å². The van der Waals surface area contributed by atoms with Gasteiger partial charge in [0, 0.05) is 29.7 Å². The van der Waals surface area contributed by atoms with Gasteiger partial charge in [-0.3, -0.25) is 0 Å². The third-order valence-electron chi connectivity index (χ3n) is 3.00. The van der Waals surface area contributed by atoms with Crippen molar-refractivity contribution in [1.82, 2.24) is 4.98 Å². The lowest BCUT2D eigenvalue weighted by atomic mass is 10.1. The Bertz CT molecular complexity index is 695. The van der Waals surface area contributed by atoms with Crippen molar-refractivity contribution in [2.45, 2.75) is 0 Å². The Morgan fingerprint density at radius 2 is 1.74 bits per heavy atom. The molecule has 0 aliphatic rings. The molecule has 3 nitrogen and oxygen atoms in total. The second kappa shape index (κ2) is 4.98. The Morgan fingerprint density at radius 1 is 0.895 bits per heavy atom. The maximum atomic E-state index is 5.85. The summed E-state index contributed by atoms with van der Waals surface area (Å²) >= 11 is 0. The first-order chi connectivity index (χ1) is 9.38. The van der Waals surface area contributed by atoms with Crippen LogP contribution < -0.4 is 10.1 Å². The number of hydrogen-bond acceptors (Lipinski definition) is 3. The summed E-state index contributed by atoms with van der Waals surface area (Å²) in [6, 6.07) is 17.7. The normalized spacial score (nSPS) is 10.4. The van der Waals surface area contributed by atoms with Crippen LogP contribution in [0.1, 0.15) is 0 Å². The van der Waals surface area contributed by atoms with E-state index in [0.717, 1.165) is 22.2 Å². The number of fused-ring (bicyclic) bond motifs is 1. The monoisotopic (exact) mass is 250 g/mol. The van der Waals surface area contributed by atoms with Crippen LogP contribution >= 0.6 is 0 Å². The molecule has 0 radical (unpaired) electrons. The van der Waals surface area contributed by atoms with E-state index in [1.165, 1.54) is 0 Å². The molecular formula is C16H14N2O. The van der Waals surface area contributed by atoms with Gasteiger partial charge in [0.25, 0.3) is 0 Å². The summed E-state index contributed by atoms with van der Waals surface area (Å²) in [7, 11) is 1.91. The highest BCUT2D eigenvalue weighted by Crippen LogP contribution is 2.31. The second-order valence-corrected chi connectivity index (χ2v) is 4.18. The van der Waals surface area contributed by atoms with Crippen molar-refractivity contribution in [2.24, 2.45) is 0 Å². The summed E-state index contributed by atoms with van der Waals surface area (Å²) in [4.78, 5) is 4.33. The Balaban J connectivity index is 2.09. The third kappa shape index (κ3) is 2.22. The minimum absolute atomic E-state index is 0.626. The van der Waals surface area contributed by atoms with E-state index in [4.69, 9.17) is 4.74 Å². The molecule has 19 heavy (non-hydrogen) atoms. The standard InChI is InChI=1S/C16H14N2O/c1-17-15-9-5-8-14-13(15)10-11-18-16(14)19-12-6-3-2-4-7-12/h2-11,17H,1H3. The summed E-state index contributed by atoms with van der Waals surface area (Å²) in [5.74, 6) is 1.41. The topological polar surface area (TPSA) is 34.1 Å². The highest BCUT2D eigenvalue weighted by Gasteiger charge is 2.07. The lowest BCUT2D eigenvalue weighted by Gasteiger charge is -2.10. The van der Waals surface area contributed by atoms with Crippen molar-refractivity contribution in [3.63, 3.8) is 0 Å². The molecule has 1 heterocycles. The number of aromatic nitrogens is 1. The first-order valence-corrected chi connectivity index (χ1v) is 6.17. The zero-order valence-electron chi connectivity index (χ0n) is 10.6. The number of ether oxygens (including phenoxy) is 1. The van der Waals surface area contributed by atoms with Gasteiger partial charge in [0.05, 0.1) is 0 Å². The Labute approximate surface area is 111 Å². The molecule has 0 fully saturated rings. The molecule has 0 unspecified atom stereocenters. The molecule has 3 heteroatoms. The molecule has 0 saturated carbocycles. The molecule has 0 saturated heterocycles.